The van der Waals surface area contributed by atoms with Crippen molar-refractivity contribution >= 4 is 0 Å². The minimum absolute atomic E-state index is 0.123. The Labute approximate surface area is 148 Å². The van der Waals surface area contributed by atoms with Gasteiger partial charge in [-0.1, -0.05) is 30.3 Å². The van der Waals surface area contributed by atoms with Crippen LogP contribution in [0.15, 0.2) is 48.5 Å². The van der Waals surface area contributed by atoms with E-state index < -0.39 is 0 Å². The predicted molar refractivity (Wildman–Crippen MR) is 95.7 cm³/mol. The Balaban J connectivity index is 1.65. The van der Waals surface area contributed by atoms with Gasteiger partial charge in [-0.3, -0.25) is 9.80 Å². The molecule has 0 bridgehead atoms. The zero-order chi connectivity index (χ0) is 17.6. The standard InChI is InChI=1S/C20H25FN2O2/c21-20-7-2-1-5-17(20)14-23-10-9-22(15-18(23)8-11-24)13-16-4-3-6-19(25)12-16/h1-7,12,18,24-25H,8-11,13-15H2/t18-/m0/s1. The maximum Gasteiger partial charge on any atom is 0.127 e. The van der Waals surface area contributed by atoms with Gasteiger partial charge in [0, 0.05) is 50.9 Å². The summed E-state index contributed by atoms with van der Waals surface area (Å²) >= 11 is 0. The van der Waals surface area contributed by atoms with E-state index in [4.69, 9.17) is 0 Å². The average Bonchev–Trinajstić information content (AvgIpc) is 2.59. The molecule has 1 fully saturated rings. The van der Waals surface area contributed by atoms with Gasteiger partial charge in [0.25, 0.3) is 0 Å². The van der Waals surface area contributed by atoms with Gasteiger partial charge in [0.2, 0.25) is 0 Å². The van der Waals surface area contributed by atoms with Gasteiger partial charge in [-0.05, 0) is 30.2 Å². The first kappa shape index (κ1) is 17.9. The van der Waals surface area contributed by atoms with Crippen LogP contribution in [0.4, 0.5) is 4.39 Å². The van der Waals surface area contributed by atoms with Crippen LogP contribution in [0.1, 0.15) is 17.5 Å². The van der Waals surface area contributed by atoms with Crippen molar-refractivity contribution < 1.29 is 14.6 Å². The first-order valence-electron chi connectivity index (χ1n) is 8.74. The van der Waals surface area contributed by atoms with E-state index in [0.717, 1.165) is 31.7 Å². The summed E-state index contributed by atoms with van der Waals surface area (Å²) in [4.78, 5) is 4.58. The monoisotopic (exact) mass is 344 g/mol. The summed E-state index contributed by atoms with van der Waals surface area (Å²) in [6.45, 7) is 3.99. The number of phenolic OH excluding ortho intramolecular Hbond substituents is 1. The number of nitrogens with zero attached hydrogens (tertiary/aromatic N) is 2. The maximum absolute atomic E-state index is 13.9. The Bertz CT molecular complexity index is 695. The molecule has 0 saturated carbocycles. The predicted octanol–water partition coefficient (Wildman–Crippen LogP) is 2.60. The number of aromatic hydroxyl groups is 1. The van der Waals surface area contributed by atoms with E-state index in [2.05, 4.69) is 9.80 Å². The molecule has 2 N–H and O–H groups in total. The number of benzene rings is 2. The summed E-state index contributed by atoms with van der Waals surface area (Å²) < 4.78 is 13.9. The fourth-order valence-electron chi connectivity index (χ4n) is 3.49. The molecule has 0 amide bonds. The molecule has 0 aliphatic carbocycles. The molecule has 134 valence electrons. The molecular formula is C20H25FN2O2. The molecule has 1 saturated heterocycles. The van der Waals surface area contributed by atoms with Crippen molar-refractivity contribution in [1.82, 2.24) is 9.80 Å². The quantitative estimate of drug-likeness (QED) is 0.846. The van der Waals surface area contributed by atoms with Gasteiger partial charge in [-0.25, -0.2) is 4.39 Å². The second-order valence-electron chi connectivity index (χ2n) is 6.63. The number of hydrogen-bond donors (Lipinski definition) is 2. The Kier molecular flexibility index (Phi) is 6.02. The van der Waals surface area contributed by atoms with Crippen molar-refractivity contribution in [3.8, 4) is 5.75 Å². The smallest absolute Gasteiger partial charge is 0.127 e. The number of phenols is 1. The zero-order valence-electron chi connectivity index (χ0n) is 14.3. The molecule has 0 aromatic heterocycles. The van der Waals surface area contributed by atoms with Crippen LogP contribution in [-0.2, 0) is 13.1 Å². The number of hydrogen-bond acceptors (Lipinski definition) is 4. The van der Waals surface area contributed by atoms with E-state index in [-0.39, 0.29) is 24.2 Å². The summed E-state index contributed by atoms with van der Waals surface area (Å²) in [5.74, 6) is 0.107. The molecule has 1 aliphatic heterocycles. The van der Waals surface area contributed by atoms with Crippen LogP contribution >= 0.6 is 0 Å². The molecular weight excluding hydrogens is 319 g/mol. The van der Waals surface area contributed by atoms with Gasteiger partial charge in [-0.2, -0.15) is 0 Å². The minimum atomic E-state index is -0.174. The lowest BCUT2D eigenvalue weighted by Crippen LogP contribution is -2.52. The van der Waals surface area contributed by atoms with Crippen molar-refractivity contribution in [2.24, 2.45) is 0 Å². The molecule has 0 radical (unpaired) electrons. The molecule has 0 unspecified atom stereocenters. The van der Waals surface area contributed by atoms with E-state index in [0.29, 0.717) is 18.5 Å². The molecule has 25 heavy (non-hydrogen) atoms. The summed E-state index contributed by atoms with van der Waals surface area (Å²) in [5.41, 5.74) is 1.78. The SMILES string of the molecule is OCC[C@H]1CN(Cc2cccc(O)c2)CCN1Cc1ccccc1F. The van der Waals surface area contributed by atoms with Crippen molar-refractivity contribution in [1.29, 1.82) is 0 Å². The average molecular weight is 344 g/mol. The lowest BCUT2D eigenvalue weighted by atomic mass is 10.1. The first-order chi connectivity index (χ1) is 12.2. The molecule has 1 aliphatic rings. The summed E-state index contributed by atoms with van der Waals surface area (Å²) in [6.07, 6.45) is 0.672. The third-order valence-electron chi connectivity index (χ3n) is 4.80. The largest absolute Gasteiger partial charge is 0.508 e. The van der Waals surface area contributed by atoms with Crippen molar-refractivity contribution in [2.45, 2.75) is 25.6 Å². The van der Waals surface area contributed by atoms with Crippen LogP contribution in [0.25, 0.3) is 0 Å². The number of piperazine rings is 1. The molecule has 1 atom stereocenters. The number of rotatable bonds is 6. The highest BCUT2D eigenvalue weighted by atomic mass is 19.1. The van der Waals surface area contributed by atoms with Crippen molar-refractivity contribution in [2.75, 3.05) is 26.2 Å². The van der Waals surface area contributed by atoms with Gasteiger partial charge in [0.15, 0.2) is 0 Å². The Morgan fingerprint density at radius 1 is 1.04 bits per heavy atom. The lowest BCUT2D eigenvalue weighted by molar-refractivity contribution is 0.0493. The summed E-state index contributed by atoms with van der Waals surface area (Å²) in [7, 11) is 0. The highest BCUT2D eigenvalue weighted by molar-refractivity contribution is 5.27. The molecule has 4 nitrogen and oxygen atoms in total. The third-order valence-corrected chi connectivity index (χ3v) is 4.80. The fourth-order valence-corrected chi connectivity index (χ4v) is 3.49. The van der Waals surface area contributed by atoms with Gasteiger partial charge in [0.05, 0.1) is 0 Å². The fraction of sp³-hybridized carbons (Fsp3) is 0.400. The van der Waals surface area contributed by atoms with E-state index in [1.807, 2.05) is 24.3 Å². The minimum Gasteiger partial charge on any atom is -0.508 e. The molecule has 5 heteroatoms. The van der Waals surface area contributed by atoms with Crippen LogP contribution in [0.2, 0.25) is 0 Å². The van der Waals surface area contributed by atoms with Crippen LogP contribution < -0.4 is 0 Å². The van der Waals surface area contributed by atoms with Crippen LogP contribution in [0.3, 0.4) is 0 Å². The highest BCUT2D eigenvalue weighted by Crippen LogP contribution is 2.20. The second-order valence-corrected chi connectivity index (χ2v) is 6.63. The lowest BCUT2D eigenvalue weighted by Gasteiger charge is -2.41. The third kappa shape index (κ3) is 4.78. The molecule has 0 spiro atoms. The highest BCUT2D eigenvalue weighted by Gasteiger charge is 2.27. The number of halogens is 1. The van der Waals surface area contributed by atoms with E-state index >= 15 is 0 Å². The Morgan fingerprint density at radius 2 is 1.88 bits per heavy atom. The topological polar surface area (TPSA) is 46.9 Å². The second kappa shape index (κ2) is 8.43. The van der Waals surface area contributed by atoms with E-state index in [1.54, 1.807) is 18.2 Å². The maximum atomic E-state index is 13.9. The molecule has 2 aromatic rings. The molecule has 1 heterocycles. The molecule has 2 aromatic carbocycles. The van der Waals surface area contributed by atoms with E-state index in [1.165, 1.54) is 6.07 Å². The number of aliphatic hydroxyl groups is 1. The van der Waals surface area contributed by atoms with Crippen molar-refractivity contribution in [3.63, 3.8) is 0 Å². The van der Waals surface area contributed by atoms with Crippen molar-refractivity contribution in [3.05, 3.63) is 65.5 Å². The van der Waals surface area contributed by atoms with Gasteiger partial charge < -0.3 is 10.2 Å². The summed E-state index contributed by atoms with van der Waals surface area (Å²) in [5, 5.41) is 19.0. The van der Waals surface area contributed by atoms with Gasteiger partial charge in [-0.15, -0.1) is 0 Å². The summed E-state index contributed by atoms with van der Waals surface area (Å²) in [6, 6.07) is 14.4. The van der Waals surface area contributed by atoms with E-state index in [9.17, 15) is 14.6 Å². The van der Waals surface area contributed by atoms with Gasteiger partial charge >= 0.3 is 0 Å². The first-order valence-corrected chi connectivity index (χ1v) is 8.74. The van der Waals surface area contributed by atoms with Crippen LogP contribution in [0.5, 0.6) is 5.75 Å². The zero-order valence-corrected chi connectivity index (χ0v) is 14.3. The normalized spacial score (nSPS) is 19.2. The molecule has 3 rings (SSSR count). The number of aliphatic hydroxyl groups excluding tert-OH is 1. The van der Waals surface area contributed by atoms with Gasteiger partial charge in [0.1, 0.15) is 11.6 Å². The van der Waals surface area contributed by atoms with Crippen LogP contribution in [0, 0.1) is 5.82 Å². The Morgan fingerprint density at radius 3 is 2.64 bits per heavy atom. The Hall–Kier alpha value is -1.95. The van der Waals surface area contributed by atoms with Crippen LogP contribution in [-0.4, -0.2) is 52.3 Å².